The Hall–Kier alpha value is -1.07. The van der Waals surface area contributed by atoms with Crippen LogP contribution in [0.5, 0.6) is 5.88 Å². The lowest BCUT2D eigenvalue weighted by atomic mass is 9.94. The van der Waals surface area contributed by atoms with Gasteiger partial charge in [0.1, 0.15) is 0 Å². The number of aryl methyl sites for hydroxylation is 1. The highest BCUT2D eigenvalue weighted by Crippen LogP contribution is 2.27. The van der Waals surface area contributed by atoms with Crippen LogP contribution >= 0.6 is 0 Å². The van der Waals surface area contributed by atoms with Crippen molar-refractivity contribution in [1.82, 2.24) is 20.0 Å². The second kappa shape index (κ2) is 4.90. The summed E-state index contributed by atoms with van der Waals surface area (Å²) >= 11 is 0. The first-order chi connectivity index (χ1) is 8.76. The zero-order chi connectivity index (χ0) is 12.5. The molecule has 3 atom stereocenters. The van der Waals surface area contributed by atoms with Crippen LogP contribution in [0.2, 0.25) is 0 Å². The zero-order valence-electron chi connectivity index (χ0n) is 11.2. The molecule has 1 N–H and O–H groups in total. The second-order valence-corrected chi connectivity index (χ2v) is 5.43. The van der Waals surface area contributed by atoms with Gasteiger partial charge in [0.25, 0.3) is 0 Å². The molecule has 2 aliphatic heterocycles. The maximum absolute atomic E-state index is 5.23. The normalized spacial score (nSPS) is 30.7. The third kappa shape index (κ3) is 2.24. The van der Waals surface area contributed by atoms with Crippen LogP contribution in [0.25, 0.3) is 0 Å². The number of aromatic nitrogens is 2. The summed E-state index contributed by atoms with van der Waals surface area (Å²) in [4.78, 5) is 2.58. The molecule has 2 fully saturated rings. The molecule has 18 heavy (non-hydrogen) atoms. The smallest absolute Gasteiger partial charge is 0.211 e. The van der Waals surface area contributed by atoms with Crippen LogP contribution in [-0.4, -0.2) is 47.5 Å². The third-order valence-electron chi connectivity index (χ3n) is 4.28. The van der Waals surface area contributed by atoms with E-state index in [1.54, 1.807) is 11.8 Å². The number of nitrogens with zero attached hydrogens (tertiary/aromatic N) is 3. The van der Waals surface area contributed by atoms with Crippen molar-refractivity contribution in [3.8, 4) is 5.88 Å². The second-order valence-electron chi connectivity index (χ2n) is 5.43. The molecule has 2 bridgehead atoms. The monoisotopic (exact) mass is 250 g/mol. The summed E-state index contributed by atoms with van der Waals surface area (Å²) in [6, 6.07) is 2.67. The average molecular weight is 250 g/mol. The molecule has 0 aromatic carbocycles. The minimum atomic E-state index is 0.664. The van der Waals surface area contributed by atoms with Gasteiger partial charge >= 0.3 is 0 Å². The maximum atomic E-state index is 5.23. The van der Waals surface area contributed by atoms with Gasteiger partial charge in [0.15, 0.2) is 0 Å². The molecule has 0 radical (unpaired) electrons. The summed E-state index contributed by atoms with van der Waals surface area (Å²) in [6.45, 7) is 4.67. The van der Waals surface area contributed by atoms with E-state index < -0.39 is 0 Å². The van der Waals surface area contributed by atoms with E-state index in [2.05, 4.69) is 15.3 Å². The van der Waals surface area contributed by atoms with E-state index in [1.165, 1.54) is 32.5 Å². The van der Waals surface area contributed by atoms with Crippen LogP contribution in [0.15, 0.2) is 6.07 Å². The van der Waals surface area contributed by atoms with Gasteiger partial charge in [-0.1, -0.05) is 0 Å². The zero-order valence-corrected chi connectivity index (χ0v) is 11.2. The Morgan fingerprint density at radius 1 is 1.44 bits per heavy atom. The first-order valence-corrected chi connectivity index (χ1v) is 6.79. The van der Waals surface area contributed by atoms with Crippen molar-refractivity contribution in [2.24, 2.45) is 13.0 Å². The van der Waals surface area contributed by atoms with Crippen LogP contribution < -0.4 is 10.1 Å². The SMILES string of the molecule is COc1cc(CNC2CCN3CCC2C3)nn1C. The lowest BCUT2D eigenvalue weighted by molar-refractivity contribution is 0.220. The molecule has 3 unspecified atom stereocenters. The topological polar surface area (TPSA) is 42.3 Å². The quantitative estimate of drug-likeness (QED) is 0.850. The van der Waals surface area contributed by atoms with Crippen molar-refractivity contribution in [1.29, 1.82) is 0 Å². The van der Waals surface area contributed by atoms with E-state index in [4.69, 9.17) is 4.74 Å². The Kier molecular flexibility index (Phi) is 3.26. The Balaban J connectivity index is 1.57. The van der Waals surface area contributed by atoms with Crippen LogP contribution in [0.4, 0.5) is 0 Å². The van der Waals surface area contributed by atoms with Crippen LogP contribution in [-0.2, 0) is 13.6 Å². The fraction of sp³-hybridized carbons (Fsp3) is 0.769. The number of nitrogens with one attached hydrogen (secondary N) is 1. The van der Waals surface area contributed by atoms with Crippen molar-refractivity contribution >= 4 is 0 Å². The molecule has 3 rings (SSSR count). The summed E-state index contributed by atoms with van der Waals surface area (Å²) in [7, 11) is 3.60. The highest BCUT2D eigenvalue weighted by atomic mass is 16.5. The molecule has 5 heteroatoms. The maximum Gasteiger partial charge on any atom is 0.211 e. The molecule has 2 aliphatic rings. The van der Waals surface area contributed by atoms with Gasteiger partial charge in [-0.15, -0.1) is 0 Å². The van der Waals surface area contributed by atoms with Crippen molar-refractivity contribution < 1.29 is 4.74 Å². The van der Waals surface area contributed by atoms with Crippen molar-refractivity contribution in [3.05, 3.63) is 11.8 Å². The Morgan fingerprint density at radius 3 is 3.06 bits per heavy atom. The number of piperidine rings is 1. The summed E-state index contributed by atoms with van der Waals surface area (Å²) in [5.41, 5.74) is 1.06. The fourth-order valence-corrected chi connectivity index (χ4v) is 3.24. The van der Waals surface area contributed by atoms with E-state index in [1.807, 2.05) is 13.1 Å². The number of hydrogen-bond donors (Lipinski definition) is 1. The fourth-order valence-electron chi connectivity index (χ4n) is 3.24. The molecular weight excluding hydrogens is 228 g/mol. The van der Waals surface area contributed by atoms with Crippen molar-refractivity contribution in [3.63, 3.8) is 0 Å². The van der Waals surface area contributed by atoms with E-state index in [9.17, 15) is 0 Å². The molecule has 2 saturated heterocycles. The number of ether oxygens (including phenoxy) is 1. The molecule has 1 aromatic heterocycles. The van der Waals surface area contributed by atoms with Crippen molar-refractivity contribution in [2.75, 3.05) is 26.7 Å². The van der Waals surface area contributed by atoms with Gasteiger partial charge in [-0.3, -0.25) is 0 Å². The summed E-state index contributed by atoms with van der Waals surface area (Å²) in [6.07, 6.45) is 2.62. The van der Waals surface area contributed by atoms with Crippen LogP contribution in [0.3, 0.4) is 0 Å². The van der Waals surface area contributed by atoms with Gasteiger partial charge in [-0.05, 0) is 31.8 Å². The van der Waals surface area contributed by atoms with Gasteiger partial charge in [0, 0.05) is 32.2 Å². The first kappa shape index (κ1) is 12.0. The predicted octanol–water partition coefficient (Wildman–Crippen LogP) is 0.612. The predicted molar refractivity (Wildman–Crippen MR) is 69.6 cm³/mol. The van der Waals surface area contributed by atoms with Crippen LogP contribution in [0, 0.1) is 5.92 Å². The largest absolute Gasteiger partial charge is 0.481 e. The Labute approximate surface area is 108 Å². The number of hydrogen-bond acceptors (Lipinski definition) is 4. The van der Waals surface area contributed by atoms with E-state index >= 15 is 0 Å². The number of methoxy groups -OCH3 is 1. The van der Waals surface area contributed by atoms with Gasteiger partial charge in [0.2, 0.25) is 5.88 Å². The summed E-state index contributed by atoms with van der Waals surface area (Å²) < 4.78 is 7.02. The lowest BCUT2D eigenvalue weighted by Crippen LogP contribution is -2.43. The number of rotatable bonds is 4. The highest BCUT2D eigenvalue weighted by molar-refractivity contribution is 5.15. The van der Waals surface area contributed by atoms with E-state index in [0.717, 1.165) is 24.0 Å². The molecule has 100 valence electrons. The Morgan fingerprint density at radius 2 is 2.28 bits per heavy atom. The average Bonchev–Trinajstić information content (AvgIpc) is 2.93. The molecular formula is C13H22N4O. The van der Waals surface area contributed by atoms with Gasteiger partial charge in [0.05, 0.1) is 12.8 Å². The minimum Gasteiger partial charge on any atom is -0.481 e. The lowest BCUT2D eigenvalue weighted by Gasteiger charge is -2.30. The summed E-state index contributed by atoms with van der Waals surface area (Å²) in [5, 5.41) is 8.12. The molecule has 0 aliphatic carbocycles. The van der Waals surface area contributed by atoms with Gasteiger partial charge < -0.3 is 15.0 Å². The van der Waals surface area contributed by atoms with Crippen LogP contribution in [0.1, 0.15) is 18.5 Å². The summed E-state index contributed by atoms with van der Waals surface area (Å²) in [5.74, 6) is 1.66. The highest BCUT2D eigenvalue weighted by Gasteiger charge is 2.33. The Bertz CT molecular complexity index is 417. The van der Waals surface area contributed by atoms with E-state index in [-0.39, 0.29) is 0 Å². The first-order valence-electron chi connectivity index (χ1n) is 6.79. The van der Waals surface area contributed by atoms with Crippen molar-refractivity contribution in [2.45, 2.75) is 25.4 Å². The molecule has 5 nitrogen and oxygen atoms in total. The molecule has 0 spiro atoms. The molecule has 3 heterocycles. The number of fused-ring (bicyclic) bond motifs is 2. The molecule has 0 amide bonds. The minimum absolute atomic E-state index is 0.664. The standard InChI is InChI=1S/C13H22N4O/c1-16-13(18-2)7-11(15-16)8-14-12-4-6-17-5-3-10(12)9-17/h7,10,12,14H,3-6,8-9H2,1-2H3. The molecule has 0 saturated carbocycles. The van der Waals surface area contributed by atoms with Gasteiger partial charge in [-0.25, -0.2) is 4.68 Å². The molecule has 1 aromatic rings. The van der Waals surface area contributed by atoms with E-state index in [0.29, 0.717) is 6.04 Å². The third-order valence-corrected chi connectivity index (χ3v) is 4.28. The van der Waals surface area contributed by atoms with Gasteiger partial charge in [-0.2, -0.15) is 5.10 Å².